The van der Waals surface area contributed by atoms with Crippen LogP contribution in [0.15, 0.2) is 60.9 Å². The zero-order chi connectivity index (χ0) is 40.5. The van der Waals surface area contributed by atoms with Gasteiger partial charge in [-0.3, -0.25) is 9.59 Å². The Balaban J connectivity index is 0.946. The Hall–Kier alpha value is -5.74. The molecule has 58 heavy (non-hydrogen) atoms. The number of carbonyl (C=O) groups is 4. The van der Waals surface area contributed by atoms with Gasteiger partial charge >= 0.3 is 12.2 Å². The molecular weight excluding hydrogens is 745 g/mol. The second-order valence-corrected chi connectivity index (χ2v) is 15.6. The van der Waals surface area contributed by atoms with Gasteiger partial charge in [0.25, 0.3) is 0 Å². The molecule has 2 aromatic heterocycles. The Morgan fingerprint density at radius 1 is 0.621 bits per heavy atom. The Morgan fingerprint density at radius 3 is 1.36 bits per heavy atom. The molecule has 2 aromatic carbocycles. The summed E-state index contributed by atoms with van der Waals surface area (Å²) in [6.07, 6.45) is 7.92. The first-order valence-electron chi connectivity index (χ1n) is 19.8. The molecule has 306 valence electrons. The SMILES string of the molecule is COC[C@H](NC(=O)OC)C(=O)N1[C@@H]2CC[C@H](C2)[C@H]1c1ncc(-c2ccc(-c3ccc(-c4cnc([C@@H]5[C@@H]6CC[C@H](C6)N5C(=O)[C@H](COC)NC(=O)OC)[nH]4)cc3)cc2)[nH]1. The van der Waals surface area contributed by atoms with Crippen LogP contribution >= 0.6 is 0 Å². The first-order chi connectivity index (χ1) is 28.2. The van der Waals surface area contributed by atoms with E-state index in [0.717, 1.165) is 83.8 Å². The van der Waals surface area contributed by atoms with Gasteiger partial charge in [0.2, 0.25) is 11.8 Å². The first kappa shape index (κ1) is 39.1. The average molecular weight is 795 g/mol. The van der Waals surface area contributed by atoms with Crippen LogP contribution in [-0.4, -0.2) is 120 Å². The number of H-pyrrole nitrogens is 2. The van der Waals surface area contributed by atoms with Gasteiger partial charge in [-0.1, -0.05) is 48.5 Å². The van der Waals surface area contributed by atoms with E-state index in [0.29, 0.717) is 0 Å². The van der Waals surface area contributed by atoms with Gasteiger partial charge in [-0.15, -0.1) is 0 Å². The topological polar surface area (TPSA) is 193 Å². The molecule has 4 aromatic rings. The van der Waals surface area contributed by atoms with Crippen molar-refractivity contribution in [2.24, 2.45) is 11.8 Å². The summed E-state index contributed by atoms with van der Waals surface area (Å²) in [4.78, 5) is 71.9. The maximum Gasteiger partial charge on any atom is 0.407 e. The number of fused-ring (bicyclic) bond motifs is 4. The molecule has 16 nitrogen and oxygen atoms in total. The number of hydrogen-bond acceptors (Lipinski definition) is 10. The maximum absolute atomic E-state index is 13.8. The third-order valence-corrected chi connectivity index (χ3v) is 12.4. The second kappa shape index (κ2) is 16.6. The monoisotopic (exact) mass is 794 g/mol. The van der Waals surface area contributed by atoms with E-state index in [2.05, 4.69) is 69.1 Å². The number of ether oxygens (including phenoxy) is 4. The van der Waals surface area contributed by atoms with Crippen molar-refractivity contribution in [2.75, 3.05) is 41.7 Å². The third kappa shape index (κ3) is 7.41. The van der Waals surface area contributed by atoms with Gasteiger partial charge in [0, 0.05) is 26.3 Å². The van der Waals surface area contributed by atoms with Gasteiger partial charge in [0.1, 0.15) is 23.7 Å². The van der Waals surface area contributed by atoms with Crippen LogP contribution in [0.1, 0.15) is 62.3 Å². The van der Waals surface area contributed by atoms with Crippen LogP contribution in [0.2, 0.25) is 0 Å². The Bertz CT molecular complexity index is 1970. The molecular formula is C42H50N8O8. The lowest BCUT2D eigenvalue weighted by atomic mass is 9.97. The van der Waals surface area contributed by atoms with Crippen molar-refractivity contribution in [3.05, 3.63) is 72.6 Å². The number of aromatic amines is 2. The number of amides is 4. The van der Waals surface area contributed by atoms with Crippen molar-refractivity contribution in [1.29, 1.82) is 0 Å². The van der Waals surface area contributed by atoms with Gasteiger partial charge in [-0.25, -0.2) is 19.6 Å². The summed E-state index contributed by atoms with van der Waals surface area (Å²) in [5.41, 5.74) is 5.75. The number of benzene rings is 2. The van der Waals surface area contributed by atoms with E-state index in [-0.39, 0.29) is 61.0 Å². The van der Waals surface area contributed by atoms with Crippen LogP contribution in [0.3, 0.4) is 0 Å². The molecule has 2 aliphatic carbocycles. The van der Waals surface area contributed by atoms with Crippen LogP contribution in [-0.2, 0) is 28.5 Å². The summed E-state index contributed by atoms with van der Waals surface area (Å²) >= 11 is 0. The number of nitrogens with zero attached hydrogens (tertiary/aromatic N) is 4. The highest BCUT2D eigenvalue weighted by Gasteiger charge is 2.52. The molecule has 4 amide bonds. The summed E-state index contributed by atoms with van der Waals surface area (Å²) < 4.78 is 20.1. The number of imidazole rings is 2. The minimum Gasteiger partial charge on any atom is -0.453 e. The zero-order valence-electron chi connectivity index (χ0n) is 33.1. The maximum atomic E-state index is 13.8. The normalized spacial score (nSPS) is 24.1. The molecule has 2 aliphatic heterocycles. The molecule has 0 spiro atoms. The molecule has 4 fully saturated rings. The molecule has 8 rings (SSSR count). The lowest BCUT2D eigenvalue weighted by molar-refractivity contribution is -0.140. The van der Waals surface area contributed by atoms with E-state index in [1.807, 2.05) is 22.2 Å². The van der Waals surface area contributed by atoms with E-state index in [9.17, 15) is 19.2 Å². The zero-order valence-corrected chi connectivity index (χ0v) is 33.1. The van der Waals surface area contributed by atoms with Crippen molar-refractivity contribution in [3.8, 4) is 33.6 Å². The summed E-state index contributed by atoms with van der Waals surface area (Å²) in [5.74, 6) is 1.62. The van der Waals surface area contributed by atoms with Crippen LogP contribution in [0.4, 0.5) is 9.59 Å². The van der Waals surface area contributed by atoms with Crippen molar-refractivity contribution in [2.45, 2.75) is 74.8 Å². The number of piperidine rings is 2. The van der Waals surface area contributed by atoms with E-state index in [1.165, 1.54) is 28.4 Å². The molecule has 2 saturated heterocycles. The fourth-order valence-electron chi connectivity index (χ4n) is 9.71. The second-order valence-electron chi connectivity index (χ2n) is 15.6. The van der Waals surface area contributed by atoms with Crippen LogP contribution in [0.5, 0.6) is 0 Å². The summed E-state index contributed by atoms with van der Waals surface area (Å²) in [6.45, 7) is 0.0769. The van der Waals surface area contributed by atoms with Crippen molar-refractivity contribution in [1.82, 2.24) is 40.4 Å². The molecule has 0 unspecified atom stereocenters. The molecule has 4 bridgehead atoms. The fraction of sp³-hybridized carbons (Fsp3) is 0.476. The highest BCUT2D eigenvalue weighted by Crippen LogP contribution is 2.51. The third-order valence-electron chi connectivity index (χ3n) is 12.4. The van der Waals surface area contributed by atoms with Crippen molar-refractivity contribution < 1.29 is 38.1 Å². The predicted octanol–water partition coefficient (Wildman–Crippen LogP) is 4.98. The minimum atomic E-state index is -0.860. The predicted molar refractivity (Wildman–Crippen MR) is 211 cm³/mol. The quantitative estimate of drug-likeness (QED) is 0.144. The number of hydrogen-bond donors (Lipinski definition) is 4. The largest absolute Gasteiger partial charge is 0.453 e. The Labute approximate surface area is 336 Å². The van der Waals surface area contributed by atoms with Crippen LogP contribution in [0.25, 0.3) is 33.6 Å². The number of rotatable bonds is 13. The number of aromatic nitrogens is 4. The Kier molecular flexibility index (Phi) is 11.2. The minimum absolute atomic E-state index is 0.0384. The number of likely N-dealkylation sites (tertiary alicyclic amines) is 2. The number of methoxy groups -OCH3 is 4. The number of alkyl carbamates (subject to hydrolysis) is 2. The molecule has 0 radical (unpaired) electrons. The molecule has 2 saturated carbocycles. The number of carbonyl (C=O) groups excluding carboxylic acids is 4. The summed E-state index contributed by atoms with van der Waals surface area (Å²) in [5, 5.41) is 5.26. The summed E-state index contributed by atoms with van der Waals surface area (Å²) in [6, 6.07) is 14.5. The van der Waals surface area contributed by atoms with Crippen molar-refractivity contribution >= 4 is 24.0 Å². The van der Waals surface area contributed by atoms with Crippen LogP contribution in [0, 0.1) is 11.8 Å². The van der Waals surface area contributed by atoms with Gasteiger partial charge in [0.15, 0.2) is 0 Å². The average Bonchev–Trinajstić information content (AvgIpc) is 4.12. The van der Waals surface area contributed by atoms with E-state index >= 15 is 0 Å². The van der Waals surface area contributed by atoms with Gasteiger partial charge in [-0.05, 0) is 72.6 Å². The standard InChI is InChI=1S/C42H50N8O8/c1-55-21-33(47-41(53)57-3)39(51)49-29-15-13-27(17-29)35(49)37-43-19-31(45-37)25-9-5-23(6-10-25)24-7-11-26(12-8-24)32-20-44-38(46-32)36-28-14-16-30(18-28)50(36)40(52)34(22-56-2)48-42(54)58-4/h5-12,19-20,27-30,33-36H,13-18,21-22H2,1-4H3,(H,43,45)(H,44,46)(H,47,53)(H,48,54)/t27-,28-,29-,30-,33+,34+,35+,36+/m1/s1. The van der Waals surface area contributed by atoms with E-state index in [4.69, 9.17) is 28.9 Å². The molecule has 4 N–H and O–H groups in total. The molecule has 8 atom stereocenters. The van der Waals surface area contributed by atoms with Gasteiger partial charge in [-0.2, -0.15) is 0 Å². The van der Waals surface area contributed by atoms with Crippen LogP contribution < -0.4 is 10.6 Å². The fourth-order valence-corrected chi connectivity index (χ4v) is 9.71. The van der Waals surface area contributed by atoms with Gasteiger partial charge in [0.05, 0.1) is 63.3 Å². The van der Waals surface area contributed by atoms with E-state index < -0.39 is 24.3 Å². The lowest BCUT2D eigenvalue weighted by Gasteiger charge is -2.36. The lowest BCUT2D eigenvalue weighted by Crippen LogP contribution is -2.53. The van der Waals surface area contributed by atoms with Gasteiger partial charge < -0.3 is 49.3 Å². The molecule has 16 heteroatoms. The highest BCUT2D eigenvalue weighted by atomic mass is 16.5. The smallest absolute Gasteiger partial charge is 0.407 e. The number of nitrogens with one attached hydrogen (secondary N) is 4. The van der Waals surface area contributed by atoms with Crippen molar-refractivity contribution in [3.63, 3.8) is 0 Å². The Morgan fingerprint density at radius 2 is 1.00 bits per heavy atom. The summed E-state index contributed by atoms with van der Waals surface area (Å²) in [7, 11) is 5.53. The molecule has 4 heterocycles. The highest BCUT2D eigenvalue weighted by molar-refractivity contribution is 5.87. The first-order valence-corrected chi connectivity index (χ1v) is 19.8. The molecule has 4 aliphatic rings. The van der Waals surface area contributed by atoms with E-state index in [1.54, 1.807) is 0 Å².